The molecule has 0 fully saturated rings. The van der Waals surface area contributed by atoms with Gasteiger partial charge in [0.15, 0.2) is 17.9 Å². The Morgan fingerprint density at radius 2 is 1.77 bits per heavy atom. The predicted molar refractivity (Wildman–Crippen MR) is 99.0 cm³/mol. The highest BCUT2D eigenvalue weighted by Gasteiger charge is 2.14. The maximum absolute atomic E-state index is 12.4. The summed E-state index contributed by atoms with van der Waals surface area (Å²) in [5, 5.41) is 3.36. The molecule has 5 nitrogen and oxygen atoms in total. The van der Waals surface area contributed by atoms with Crippen molar-refractivity contribution in [2.75, 3.05) is 5.32 Å². The Morgan fingerprint density at radius 3 is 2.50 bits per heavy atom. The lowest BCUT2D eigenvalue weighted by Crippen LogP contribution is -2.10. The first-order valence-electron chi connectivity index (χ1n) is 7.86. The second-order valence-electron chi connectivity index (χ2n) is 5.54. The Labute approximate surface area is 154 Å². The number of nitrogens with one attached hydrogen (secondary N) is 1. The summed E-state index contributed by atoms with van der Waals surface area (Å²) in [7, 11) is 0. The number of furan rings is 1. The first-order valence-corrected chi connectivity index (χ1v) is 8.23. The lowest BCUT2D eigenvalue weighted by atomic mass is 10.1. The zero-order valence-corrected chi connectivity index (χ0v) is 14.2. The molecule has 6 heteroatoms. The molecule has 4 rings (SSSR count). The second kappa shape index (κ2) is 6.90. The lowest BCUT2D eigenvalue weighted by molar-refractivity contribution is 0.0997. The van der Waals surface area contributed by atoms with Crippen molar-refractivity contribution in [3.8, 4) is 22.6 Å². The molecule has 0 spiro atoms. The van der Waals surface area contributed by atoms with Crippen molar-refractivity contribution >= 4 is 23.2 Å². The highest BCUT2D eigenvalue weighted by atomic mass is 35.5. The first-order chi connectivity index (χ1) is 12.7. The molecule has 0 aliphatic rings. The quantitative estimate of drug-likeness (QED) is 0.518. The van der Waals surface area contributed by atoms with Crippen molar-refractivity contribution in [2.45, 2.75) is 0 Å². The number of aromatic nitrogens is 1. The monoisotopic (exact) mass is 364 g/mol. The van der Waals surface area contributed by atoms with E-state index in [1.807, 2.05) is 30.3 Å². The molecule has 0 saturated carbocycles. The van der Waals surface area contributed by atoms with E-state index in [-0.39, 0.29) is 11.7 Å². The van der Waals surface area contributed by atoms with Gasteiger partial charge in [0, 0.05) is 16.8 Å². The summed E-state index contributed by atoms with van der Waals surface area (Å²) in [6.07, 6.45) is 3.01. The first kappa shape index (κ1) is 16.2. The minimum atomic E-state index is -0.337. The number of carbonyl (C=O) groups excluding carboxylic acids is 1. The van der Waals surface area contributed by atoms with Crippen molar-refractivity contribution in [3.05, 3.63) is 84.0 Å². The van der Waals surface area contributed by atoms with Crippen LogP contribution in [0.1, 0.15) is 10.6 Å². The highest BCUT2D eigenvalue weighted by molar-refractivity contribution is 6.33. The third-order valence-corrected chi connectivity index (χ3v) is 4.16. The number of halogens is 1. The maximum Gasteiger partial charge on any atom is 0.291 e. The van der Waals surface area contributed by atoms with Gasteiger partial charge in [0.05, 0.1) is 11.2 Å². The Morgan fingerprint density at radius 1 is 0.962 bits per heavy atom. The largest absolute Gasteiger partial charge is 0.451 e. The molecule has 4 aromatic rings. The Kier molecular flexibility index (Phi) is 4.29. The molecule has 0 bridgehead atoms. The van der Waals surface area contributed by atoms with Gasteiger partial charge in [-0.3, -0.25) is 4.79 Å². The topological polar surface area (TPSA) is 68.3 Å². The zero-order chi connectivity index (χ0) is 17.9. The van der Waals surface area contributed by atoms with Crippen LogP contribution in [0.5, 0.6) is 0 Å². The summed E-state index contributed by atoms with van der Waals surface area (Å²) in [6.45, 7) is 0. The molecule has 0 unspecified atom stereocenters. The molecule has 2 aromatic carbocycles. The number of oxazole rings is 1. The highest BCUT2D eigenvalue weighted by Crippen LogP contribution is 2.29. The van der Waals surface area contributed by atoms with E-state index in [1.54, 1.807) is 36.5 Å². The van der Waals surface area contributed by atoms with Gasteiger partial charge in [-0.25, -0.2) is 4.98 Å². The molecule has 1 amide bonds. The predicted octanol–water partition coefficient (Wildman–Crippen LogP) is 5.51. The molecule has 0 radical (unpaired) electrons. The summed E-state index contributed by atoms with van der Waals surface area (Å²) in [4.78, 5) is 16.3. The van der Waals surface area contributed by atoms with Crippen LogP contribution in [0.4, 0.5) is 5.69 Å². The SMILES string of the molecule is O=C(Nc1ccc(-c2cnco2)cc1)c1ccc(-c2ccccc2Cl)o1. The van der Waals surface area contributed by atoms with Gasteiger partial charge in [-0.1, -0.05) is 23.7 Å². The van der Waals surface area contributed by atoms with Crippen molar-refractivity contribution in [1.29, 1.82) is 0 Å². The third-order valence-electron chi connectivity index (χ3n) is 3.83. The van der Waals surface area contributed by atoms with E-state index in [2.05, 4.69) is 10.3 Å². The normalized spacial score (nSPS) is 10.7. The van der Waals surface area contributed by atoms with Gasteiger partial charge in [0.1, 0.15) is 5.76 Å². The molecular formula is C20H13ClN2O3. The zero-order valence-electron chi connectivity index (χ0n) is 13.5. The van der Waals surface area contributed by atoms with Crippen molar-refractivity contribution < 1.29 is 13.6 Å². The van der Waals surface area contributed by atoms with Crippen LogP contribution in [-0.4, -0.2) is 10.9 Å². The maximum atomic E-state index is 12.4. The van der Waals surface area contributed by atoms with Crippen molar-refractivity contribution in [1.82, 2.24) is 4.98 Å². The van der Waals surface area contributed by atoms with E-state index in [9.17, 15) is 4.79 Å². The van der Waals surface area contributed by atoms with Gasteiger partial charge in [0.25, 0.3) is 5.91 Å². The Balaban J connectivity index is 1.49. The van der Waals surface area contributed by atoms with Gasteiger partial charge in [-0.2, -0.15) is 0 Å². The number of nitrogens with zero attached hydrogens (tertiary/aromatic N) is 1. The average molecular weight is 365 g/mol. The molecule has 128 valence electrons. The fourth-order valence-corrected chi connectivity index (χ4v) is 2.76. The molecule has 0 saturated heterocycles. The number of anilines is 1. The van der Waals surface area contributed by atoms with Crippen LogP contribution in [0, 0.1) is 0 Å². The number of rotatable bonds is 4. The van der Waals surface area contributed by atoms with E-state index in [4.69, 9.17) is 20.4 Å². The van der Waals surface area contributed by atoms with Crippen LogP contribution in [0.25, 0.3) is 22.6 Å². The van der Waals surface area contributed by atoms with Gasteiger partial charge >= 0.3 is 0 Å². The van der Waals surface area contributed by atoms with E-state index in [0.717, 1.165) is 11.1 Å². The summed E-state index contributed by atoms with van der Waals surface area (Å²) < 4.78 is 10.9. The fraction of sp³-hybridized carbons (Fsp3) is 0. The average Bonchev–Trinajstić information content (AvgIpc) is 3.35. The molecule has 1 N–H and O–H groups in total. The second-order valence-corrected chi connectivity index (χ2v) is 5.95. The van der Waals surface area contributed by atoms with Gasteiger partial charge in [0.2, 0.25) is 0 Å². The summed E-state index contributed by atoms with van der Waals surface area (Å²) in [5.74, 6) is 1.08. The molecule has 2 aromatic heterocycles. The summed E-state index contributed by atoms with van der Waals surface area (Å²) in [5.41, 5.74) is 2.26. The minimum absolute atomic E-state index is 0.208. The third kappa shape index (κ3) is 3.25. The summed E-state index contributed by atoms with van der Waals surface area (Å²) in [6, 6.07) is 17.9. The number of amides is 1. The van der Waals surface area contributed by atoms with Crippen LogP contribution < -0.4 is 5.32 Å². The van der Waals surface area contributed by atoms with Gasteiger partial charge in [-0.15, -0.1) is 0 Å². The Hall–Kier alpha value is -3.31. The molecule has 2 heterocycles. The van der Waals surface area contributed by atoms with Gasteiger partial charge in [-0.05, 0) is 48.5 Å². The molecule has 0 aliphatic carbocycles. The fourth-order valence-electron chi connectivity index (χ4n) is 2.53. The van der Waals surface area contributed by atoms with Crippen LogP contribution >= 0.6 is 11.6 Å². The van der Waals surface area contributed by atoms with Crippen LogP contribution in [0.3, 0.4) is 0 Å². The summed E-state index contributed by atoms with van der Waals surface area (Å²) >= 11 is 6.16. The van der Waals surface area contributed by atoms with E-state index in [1.165, 1.54) is 6.39 Å². The lowest BCUT2D eigenvalue weighted by Gasteiger charge is -2.04. The van der Waals surface area contributed by atoms with Crippen molar-refractivity contribution in [3.63, 3.8) is 0 Å². The van der Waals surface area contributed by atoms with Crippen LogP contribution in [0.2, 0.25) is 5.02 Å². The Bertz CT molecular complexity index is 1040. The van der Waals surface area contributed by atoms with Crippen molar-refractivity contribution in [2.24, 2.45) is 0 Å². The minimum Gasteiger partial charge on any atom is -0.451 e. The van der Waals surface area contributed by atoms with E-state index < -0.39 is 0 Å². The van der Waals surface area contributed by atoms with Crippen LogP contribution in [0.15, 0.2) is 82.1 Å². The molecule has 0 atom stereocenters. The smallest absolute Gasteiger partial charge is 0.291 e. The molecule has 0 aliphatic heterocycles. The number of carbonyl (C=O) groups is 1. The number of benzene rings is 2. The standard InChI is InChI=1S/C20H13ClN2O3/c21-16-4-2-1-3-15(16)17-9-10-18(26-17)20(24)23-14-7-5-13(6-8-14)19-11-22-12-25-19/h1-12H,(H,23,24). The molecular weight excluding hydrogens is 352 g/mol. The number of hydrogen-bond donors (Lipinski definition) is 1. The molecule has 26 heavy (non-hydrogen) atoms. The van der Waals surface area contributed by atoms with E-state index >= 15 is 0 Å². The van der Waals surface area contributed by atoms with E-state index in [0.29, 0.717) is 22.2 Å². The number of hydrogen-bond acceptors (Lipinski definition) is 4. The van der Waals surface area contributed by atoms with Crippen LogP contribution in [-0.2, 0) is 0 Å². The van der Waals surface area contributed by atoms with Gasteiger partial charge < -0.3 is 14.2 Å².